The molecule has 2 aromatic rings. The van der Waals surface area contributed by atoms with Crippen LogP contribution in [-0.2, 0) is 17.8 Å². The Kier molecular flexibility index (Phi) is 4.86. The molecule has 1 nitrogen and oxygen atoms in total. The maximum atomic E-state index is 13.6. The number of hydrogen-bond acceptors (Lipinski definition) is 2. The minimum Gasteiger partial charge on any atom is -0.376 e. The Labute approximate surface area is 117 Å². The lowest BCUT2D eigenvalue weighted by Gasteiger charge is -2.07. The van der Waals surface area contributed by atoms with Crippen molar-refractivity contribution < 1.29 is 13.5 Å². The maximum Gasteiger partial charge on any atom is 0.145 e. The van der Waals surface area contributed by atoms with Crippen molar-refractivity contribution in [3.05, 3.63) is 56.2 Å². The van der Waals surface area contributed by atoms with Crippen LogP contribution in [0.2, 0.25) is 0 Å². The minimum absolute atomic E-state index is 0.0319. The highest BCUT2D eigenvalue weighted by Crippen LogP contribution is 2.22. The van der Waals surface area contributed by atoms with Gasteiger partial charge in [-0.15, -0.1) is 11.3 Å². The summed E-state index contributed by atoms with van der Waals surface area (Å²) in [6.07, 6.45) is 0.759. The van der Waals surface area contributed by atoms with E-state index in [1.807, 2.05) is 17.5 Å². The van der Waals surface area contributed by atoms with Gasteiger partial charge in [-0.1, -0.05) is 6.07 Å². The Bertz CT molecular complexity index is 514. The molecule has 96 valence electrons. The molecular formula is C13H11BrF2OS. The lowest BCUT2D eigenvalue weighted by Crippen LogP contribution is -2.03. The molecule has 0 unspecified atom stereocenters. The fourth-order valence-corrected chi connectivity index (χ4v) is 2.56. The molecule has 0 saturated carbocycles. The summed E-state index contributed by atoms with van der Waals surface area (Å²) in [5, 5.41) is 1.99. The molecule has 0 atom stereocenters. The first-order chi connectivity index (χ1) is 8.68. The summed E-state index contributed by atoms with van der Waals surface area (Å²) in [5.41, 5.74) is -0.0319. The van der Waals surface area contributed by atoms with E-state index in [2.05, 4.69) is 15.9 Å². The fraction of sp³-hybridized carbons (Fsp3) is 0.231. The van der Waals surface area contributed by atoms with Gasteiger partial charge in [-0.25, -0.2) is 8.78 Å². The zero-order valence-electron chi connectivity index (χ0n) is 9.46. The lowest BCUT2D eigenvalue weighted by atomic mass is 10.2. The largest absolute Gasteiger partial charge is 0.376 e. The second kappa shape index (κ2) is 6.41. The molecule has 0 aliphatic heterocycles. The highest BCUT2D eigenvalue weighted by molar-refractivity contribution is 9.10. The molecule has 1 heterocycles. The van der Waals surface area contributed by atoms with Crippen LogP contribution in [0.25, 0.3) is 0 Å². The van der Waals surface area contributed by atoms with E-state index in [9.17, 15) is 8.78 Å². The highest BCUT2D eigenvalue weighted by atomic mass is 79.9. The molecule has 1 aromatic heterocycles. The second-order valence-corrected chi connectivity index (χ2v) is 5.59. The molecule has 0 radical (unpaired) electrons. The van der Waals surface area contributed by atoms with Crippen molar-refractivity contribution in [2.24, 2.45) is 0 Å². The van der Waals surface area contributed by atoms with Crippen LogP contribution in [0.5, 0.6) is 0 Å². The Morgan fingerprint density at radius 3 is 2.78 bits per heavy atom. The van der Waals surface area contributed by atoms with Gasteiger partial charge >= 0.3 is 0 Å². The van der Waals surface area contributed by atoms with Crippen LogP contribution >= 0.6 is 27.3 Å². The van der Waals surface area contributed by atoms with Gasteiger partial charge in [0.1, 0.15) is 11.6 Å². The van der Waals surface area contributed by atoms with Gasteiger partial charge in [-0.2, -0.15) is 0 Å². The molecule has 2 rings (SSSR count). The van der Waals surface area contributed by atoms with E-state index >= 15 is 0 Å². The molecule has 0 bridgehead atoms. The molecular weight excluding hydrogens is 322 g/mol. The third-order valence-electron chi connectivity index (χ3n) is 2.46. The van der Waals surface area contributed by atoms with E-state index in [0.717, 1.165) is 6.42 Å². The minimum atomic E-state index is -0.592. The summed E-state index contributed by atoms with van der Waals surface area (Å²) in [6.45, 7) is 0.397. The van der Waals surface area contributed by atoms with Crippen molar-refractivity contribution in [2.75, 3.05) is 6.61 Å². The first kappa shape index (κ1) is 13.6. The Balaban J connectivity index is 1.88. The predicted octanol–water partition coefficient (Wildman–Crippen LogP) is 4.55. The van der Waals surface area contributed by atoms with Crippen LogP contribution in [-0.4, -0.2) is 6.61 Å². The second-order valence-electron chi connectivity index (χ2n) is 3.70. The number of benzene rings is 1. The maximum absolute atomic E-state index is 13.6. The Morgan fingerprint density at radius 1 is 1.22 bits per heavy atom. The molecule has 18 heavy (non-hydrogen) atoms. The molecule has 0 aliphatic rings. The first-order valence-electron chi connectivity index (χ1n) is 5.41. The van der Waals surface area contributed by atoms with Crippen molar-refractivity contribution in [3.63, 3.8) is 0 Å². The smallest absolute Gasteiger partial charge is 0.145 e. The molecule has 0 spiro atoms. The van der Waals surface area contributed by atoms with Gasteiger partial charge in [0.15, 0.2) is 0 Å². The number of thiophene rings is 1. The van der Waals surface area contributed by atoms with E-state index in [-0.39, 0.29) is 16.6 Å². The molecule has 0 aliphatic carbocycles. The van der Waals surface area contributed by atoms with E-state index in [1.54, 1.807) is 11.3 Å². The van der Waals surface area contributed by atoms with E-state index in [4.69, 9.17) is 4.74 Å². The van der Waals surface area contributed by atoms with Gasteiger partial charge in [0, 0.05) is 11.3 Å². The van der Waals surface area contributed by atoms with Crippen molar-refractivity contribution in [2.45, 2.75) is 13.0 Å². The summed E-state index contributed by atoms with van der Waals surface area (Å²) in [5.74, 6) is -1.17. The first-order valence-corrected chi connectivity index (χ1v) is 7.08. The molecule has 1 aromatic carbocycles. The average Bonchev–Trinajstić information content (AvgIpc) is 2.86. The summed E-state index contributed by atoms with van der Waals surface area (Å²) < 4.78 is 32.6. The number of halogens is 3. The van der Waals surface area contributed by atoms with Gasteiger partial charge in [-0.3, -0.25) is 0 Å². The van der Waals surface area contributed by atoms with Crippen LogP contribution in [0.4, 0.5) is 8.78 Å². The van der Waals surface area contributed by atoms with Crippen molar-refractivity contribution >= 4 is 27.3 Å². The molecule has 0 saturated heterocycles. The Hall–Kier alpha value is -0.780. The third kappa shape index (κ3) is 3.37. The summed E-state index contributed by atoms with van der Waals surface area (Å²) >= 11 is 4.67. The Morgan fingerprint density at radius 2 is 2.06 bits per heavy atom. The van der Waals surface area contributed by atoms with Crippen LogP contribution in [0.15, 0.2) is 34.1 Å². The number of rotatable bonds is 5. The van der Waals surface area contributed by atoms with E-state index in [1.165, 1.54) is 17.0 Å². The molecule has 5 heteroatoms. The van der Waals surface area contributed by atoms with Gasteiger partial charge in [0.05, 0.1) is 23.2 Å². The SMILES string of the molecule is Fc1ccc(Br)c(F)c1COCCc1cccs1. The van der Waals surface area contributed by atoms with Gasteiger partial charge in [0.2, 0.25) is 0 Å². The third-order valence-corrected chi connectivity index (χ3v) is 4.01. The molecule has 0 fully saturated rings. The summed E-state index contributed by atoms with van der Waals surface area (Å²) in [7, 11) is 0. The van der Waals surface area contributed by atoms with E-state index in [0.29, 0.717) is 6.61 Å². The van der Waals surface area contributed by atoms with Crippen LogP contribution in [0, 0.1) is 11.6 Å². The van der Waals surface area contributed by atoms with Crippen molar-refractivity contribution in [1.82, 2.24) is 0 Å². The van der Waals surface area contributed by atoms with Crippen LogP contribution in [0.1, 0.15) is 10.4 Å². The van der Waals surface area contributed by atoms with E-state index < -0.39 is 11.6 Å². The quantitative estimate of drug-likeness (QED) is 0.576. The van der Waals surface area contributed by atoms with Gasteiger partial charge in [-0.05, 0) is 39.5 Å². The van der Waals surface area contributed by atoms with Crippen molar-refractivity contribution in [1.29, 1.82) is 0 Å². The number of ether oxygens (including phenoxy) is 1. The fourth-order valence-electron chi connectivity index (χ4n) is 1.50. The standard InChI is InChI=1S/C13H11BrF2OS/c14-11-3-4-12(15)10(13(11)16)8-17-6-5-9-2-1-7-18-9/h1-4,7H,5-6,8H2. The summed E-state index contributed by atoms with van der Waals surface area (Å²) in [4.78, 5) is 1.20. The topological polar surface area (TPSA) is 9.23 Å². The predicted molar refractivity (Wildman–Crippen MR) is 71.7 cm³/mol. The zero-order valence-corrected chi connectivity index (χ0v) is 11.9. The number of hydrogen-bond donors (Lipinski definition) is 0. The highest BCUT2D eigenvalue weighted by Gasteiger charge is 2.12. The normalized spacial score (nSPS) is 10.8. The van der Waals surface area contributed by atoms with Crippen LogP contribution < -0.4 is 0 Å². The average molecular weight is 333 g/mol. The zero-order chi connectivity index (χ0) is 13.0. The molecule has 0 N–H and O–H groups in total. The summed E-state index contributed by atoms with van der Waals surface area (Å²) in [6, 6.07) is 6.55. The van der Waals surface area contributed by atoms with Gasteiger partial charge in [0.25, 0.3) is 0 Å². The molecule has 0 amide bonds. The van der Waals surface area contributed by atoms with Crippen LogP contribution in [0.3, 0.4) is 0 Å². The van der Waals surface area contributed by atoms with Gasteiger partial charge < -0.3 is 4.74 Å². The monoisotopic (exact) mass is 332 g/mol. The lowest BCUT2D eigenvalue weighted by molar-refractivity contribution is 0.119. The van der Waals surface area contributed by atoms with Crippen molar-refractivity contribution in [3.8, 4) is 0 Å².